The smallest absolute Gasteiger partial charge is 0.339 e. The van der Waals surface area contributed by atoms with Gasteiger partial charge in [0.15, 0.2) is 0 Å². The lowest BCUT2D eigenvalue weighted by atomic mass is 10.2. The van der Waals surface area contributed by atoms with Gasteiger partial charge in [0, 0.05) is 19.8 Å². The summed E-state index contributed by atoms with van der Waals surface area (Å²) in [5, 5.41) is 9.02. The SMILES string of the molecule is CCCCCN(C)c1ncccc1C(=O)O. The molecule has 1 aromatic heterocycles. The number of carboxylic acid groups (broad SMARTS) is 1. The van der Waals surface area contributed by atoms with E-state index in [1.165, 1.54) is 0 Å². The molecule has 0 spiro atoms. The third kappa shape index (κ3) is 3.22. The molecule has 0 saturated heterocycles. The molecule has 1 heterocycles. The van der Waals surface area contributed by atoms with E-state index in [2.05, 4.69) is 11.9 Å². The Morgan fingerprint density at radius 3 is 2.88 bits per heavy atom. The topological polar surface area (TPSA) is 53.4 Å². The highest BCUT2D eigenvalue weighted by molar-refractivity contribution is 5.93. The van der Waals surface area contributed by atoms with Crippen LogP contribution in [0, 0.1) is 0 Å². The standard InChI is InChI=1S/C12H18N2O2/c1-3-4-5-9-14(2)11-10(12(15)16)7-6-8-13-11/h6-8H,3-5,9H2,1-2H3,(H,15,16). The van der Waals surface area contributed by atoms with Gasteiger partial charge >= 0.3 is 5.97 Å². The molecule has 16 heavy (non-hydrogen) atoms. The lowest BCUT2D eigenvalue weighted by Crippen LogP contribution is -2.22. The summed E-state index contributed by atoms with van der Waals surface area (Å²) in [6, 6.07) is 3.23. The van der Waals surface area contributed by atoms with Gasteiger partial charge in [-0.25, -0.2) is 9.78 Å². The minimum Gasteiger partial charge on any atom is -0.478 e. The molecule has 4 nitrogen and oxygen atoms in total. The van der Waals surface area contributed by atoms with Crippen LogP contribution in [0.25, 0.3) is 0 Å². The van der Waals surface area contributed by atoms with Gasteiger partial charge in [-0.15, -0.1) is 0 Å². The fraction of sp³-hybridized carbons (Fsp3) is 0.500. The third-order valence-electron chi connectivity index (χ3n) is 2.48. The van der Waals surface area contributed by atoms with Crippen molar-refractivity contribution >= 4 is 11.8 Å². The maximum absolute atomic E-state index is 11.0. The molecule has 0 amide bonds. The Bertz CT molecular complexity index is 353. The number of hydrogen-bond acceptors (Lipinski definition) is 3. The molecule has 0 saturated carbocycles. The van der Waals surface area contributed by atoms with Gasteiger partial charge in [0.2, 0.25) is 0 Å². The highest BCUT2D eigenvalue weighted by Gasteiger charge is 2.13. The van der Waals surface area contributed by atoms with E-state index in [1.54, 1.807) is 18.3 Å². The Labute approximate surface area is 95.9 Å². The summed E-state index contributed by atoms with van der Waals surface area (Å²) in [7, 11) is 1.88. The summed E-state index contributed by atoms with van der Waals surface area (Å²) >= 11 is 0. The van der Waals surface area contributed by atoms with Crippen LogP contribution in [0.3, 0.4) is 0 Å². The molecular formula is C12H18N2O2. The molecule has 0 aliphatic carbocycles. The number of pyridine rings is 1. The van der Waals surface area contributed by atoms with E-state index in [4.69, 9.17) is 5.11 Å². The number of rotatable bonds is 6. The fourth-order valence-corrected chi connectivity index (χ4v) is 1.57. The highest BCUT2D eigenvalue weighted by Crippen LogP contribution is 2.16. The first-order valence-electron chi connectivity index (χ1n) is 5.56. The monoisotopic (exact) mass is 222 g/mol. The molecule has 0 aliphatic heterocycles. The number of carboxylic acids is 1. The highest BCUT2D eigenvalue weighted by atomic mass is 16.4. The Morgan fingerprint density at radius 2 is 2.25 bits per heavy atom. The third-order valence-corrected chi connectivity index (χ3v) is 2.48. The lowest BCUT2D eigenvalue weighted by Gasteiger charge is -2.19. The van der Waals surface area contributed by atoms with Gasteiger partial charge < -0.3 is 10.0 Å². The zero-order valence-corrected chi connectivity index (χ0v) is 9.81. The van der Waals surface area contributed by atoms with Crippen LogP contribution in [-0.2, 0) is 0 Å². The molecule has 88 valence electrons. The van der Waals surface area contributed by atoms with Crippen molar-refractivity contribution in [3.05, 3.63) is 23.9 Å². The molecule has 4 heteroatoms. The summed E-state index contributed by atoms with van der Waals surface area (Å²) < 4.78 is 0. The zero-order valence-electron chi connectivity index (χ0n) is 9.81. The molecule has 0 aromatic carbocycles. The largest absolute Gasteiger partial charge is 0.478 e. The minimum atomic E-state index is -0.926. The summed E-state index contributed by atoms with van der Waals surface area (Å²) in [5.41, 5.74) is 0.265. The molecule has 1 rings (SSSR count). The van der Waals surface area contributed by atoms with Crippen LogP contribution in [0.1, 0.15) is 36.5 Å². The Morgan fingerprint density at radius 1 is 1.50 bits per heavy atom. The van der Waals surface area contributed by atoms with E-state index in [-0.39, 0.29) is 5.56 Å². The van der Waals surface area contributed by atoms with Gasteiger partial charge in [-0.05, 0) is 18.6 Å². The fourth-order valence-electron chi connectivity index (χ4n) is 1.57. The van der Waals surface area contributed by atoms with E-state index in [0.717, 1.165) is 25.8 Å². The van der Waals surface area contributed by atoms with Crippen molar-refractivity contribution < 1.29 is 9.90 Å². The predicted molar refractivity (Wildman–Crippen MR) is 64.0 cm³/mol. The first-order valence-corrected chi connectivity index (χ1v) is 5.56. The lowest BCUT2D eigenvalue weighted by molar-refractivity contribution is 0.0697. The van der Waals surface area contributed by atoms with Gasteiger partial charge in [-0.3, -0.25) is 0 Å². The summed E-state index contributed by atoms with van der Waals surface area (Å²) in [6.07, 6.45) is 4.99. The number of nitrogens with zero attached hydrogens (tertiary/aromatic N) is 2. The molecule has 1 N–H and O–H groups in total. The second kappa shape index (κ2) is 6.10. The average molecular weight is 222 g/mol. The van der Waals surface area contributed by atoms with Crippen molar-refractivity contribution in [2.75, 3.05) is 18.5 Å². The van der Waals surface area contributed by atoms with E-state index in [0.29, 0.717) is 5.82 Å². The number of hydrogen-bond donors (Lipinski definition) is 1. The maximum Gasteiger partial charge on any atom is 0.339 e. The average Bonchev–Trinajstić information content (AvgIpc) is 2.29. The first-order chi connectivity index (χ1) is 7.66. The number of aromatic carboxylic acids is 1. The first kappa shape index (κ1) is 12.5. The van der Waals surface area contributed by atoms with E-state index in [1.807, 2.05) is 11.9 Å². The summed E-state index contributed by atoms with van der Waals surface area (Å²) in [6.45, 7) is 2.98. The summed E-state index contributed by atoms with van der Waals surface area (Å²) in [4.78, 5) is 17.0. The molecule has 1 aromatic rings. The molecule has 0 fully saturated rings. The summed E-state index contributed by atoms with van der Waals surface area (Å²) in [5.74, 6) is -0.378. The van der Waals surface area contributed by atoms with Crippen molar-refractivity contribution in [3.8, 4) is 0 Å². The van der Waals surface area contributed by atoms with Crippen molar-refractivity contribution in [1.29, 1.82) is 0 Å². The van der Waals surface area contributed by atoms with Crippen LogP contribution in [0.5, 0.6) is 0 Å². The molecule has 0 atom stereocenters. The van der Waals surface area contributed by atoms with Crippen LogP contribution >= 0.6 is 0 Å². The van der Waals surface area contributed by atoms with E-state index >= 15 is 0 Å². The second-order valence-corrected chi connectivity index (χ2v) is 3.81. The Hall–Kier alpha value is -1.58. The van der Waals surface area contributed by atoms with Crippen molar-refractivity contribution in [2.24, 2.45) is 0 Å². The Kier molecular flexibility index (Phi) is 4.76. The molecule has 0 unspecified atom stereocenters. The van der Waals surface area contributed by atoms with Crippen LogP contribution < -0.4 is 4.90 Å². The van der Waals surface area contributed by atoms with Gasteiger partial charge in [-0.2, -0.15) is 0 Å². The molecule has 0 radical (unpaired) electrons. The molecular weight excluding hydrogens is 204 g/mol. The van der Waals surface area contributed by atoms with Crippen molar-refractivity contribution in [1.82, 2.24) is 4.98 Å². The maximum atomic E-state index is 11.0. The van der Waals surface area contributed by atoms with Crippen LogP contribution in [0.2, 0.25) is 0 Å². The van der Waals surface area contributed by atoms with Crippen molar-refractivity contribution in [2.45, 2.75) is 26.2 Å². The molecule has 0 bridgehead atoms. The Balaban J connectivity index is 2.74. The zero-order chi connectivity index (χ0) is 12.0. The predicted octanol–water partition coefficient (Wildman–Crippen LogP) is 2.41. The van der Waals surface area contributed by atoms with Gasteiger partial charge in [0.05, 0.1) is 0 Å². The van der Waals surface area contributed by atoms with E-state index in [9.17, 15) is 4.79 Å². The van der Waals surface area contributed by atoms with Crippen LogP contribution in [-0.4, -0.2) is 29.7 Å². The number of unbranched alkanes of at least 4 members (excludes halogenated alkanes) is 2. The van der Waals surface area contributed by atoms with Crippen LogP contribution in [0.15, 0.2) is 18.3 Å². The van der Waals surface area contributed by atoms with Crippen LogP contribution in [0.4, 0.5) is 5.82 Å². The minimum absolute atomic E-state index is 0.265. The number of carbonyl (C=O) groups is 1. The van der Waals surface area contributed by atoms with Gasteiger partial charge in [-0.1, -0.05) is 19.8 Å². The quantitative estimate of drug-likeness (QED) is 0.751. The molecule has 0 aliphatic rings. The van der Waals surface area contributed by atoms with Gasteiger partial charge in [0.1, 0.15) is 11.4 Å². The normalized spacial score (nSPS) is 10.1. The number of anilines is 1. The van der Waals surface area contributed by atoms with Crippen molar-refractivity contribution in [3.63, 3.8) is 0 Å². The number of aromatic nitrogens is 1. The second-order valence-electron chi connectivity index (χ2n) is 3.81. The van der Waals surface area contributed by atoms with E-state index < -0.39 is 5.97 Å². The van der Waals surface area contributed by atoms with Gasteiger partial charge in [0.25, 0.3) is 0 Å².